The Bertz CT molecular complexity index is 633. The van der Waals surface area contributed by atoms with Gasteiger partial charge in [-0.2, -0.15) is 0 Å². The second-order valence-electron chi connectivity index (χ2n) is 4.61. The number of hydrogen-bond acceptors (Lipinski definition) is 4. The highest BCUT2D eigenvalue weighted by molar-refractivity contribution is 8.13. The summed E-state index contributed by atoms with van der Waals surface area (Å²) < 4.78 is 41.6. The predicted molar refractivity (Wildman–Crippen MR) is 77.6 cm³/mol. The van der Waals surface area contributed by atoms with Crippen LogP contribution in [0, 0.1) is 12.7 Å². The molecule has 1 rings (SSSR count). The van der Waals surface area contributed by atoms with Gasteiger partial charge in [-0.3, -0.25) is 4.79 Å². The molecule has 0 saturated carbocycles. The van der Waals surface area contributed by atoms with Crippen LogP contribution in [-0.4, -0.2) is 46.5 Å². The monoisotopic (exact) mass is 337 g/mol. The molecule has 0 aliphatic heterocycles. The second kappa shape index (κ2) is 7.20. The maximum Gasteiger partial charge on any atom is 0.261 e. The van der Waals surface area contributed by atoms with Crippen molar-refractivity contribution in [1.29, 1.82) is 0 Å². The van der Waals surface area contributed by atoms with Crippen molar-refractivity contribution in [1.82, 2.24) is 4.90 Å². The molecule has 8 heteroatoms. The predicted octanol–water partition coefficient (Wildman–Crippen LogP) is 2.17. The van der Waals surface area contributed by atoms with Gasteiger partial charge in [0.25, 0.3) is 15.0 Å². The van der Waals surface area contributed by atoms with Gasteiger partial charge >= 0.3 is 0 Å². The van der Waals surface area contributed by atoms with Crippen molar-refractivity contribution in [2.75, 3.05) is 27.3 Å². The molecule has 0 radical (unpaired) electrons. The van der Waals surface area contributed by atoms with E-state index in [1.807, 2.05) is 0 Å². The van der Waals surface area contributed by atoms with Gasteiger partial charge in [-0.25, -0.2) is 12.8 Å². The van der Waals surface area contributed by atoms with Crippen LogP contribution in [0.25, 0.3) is 0 Å². The van der Waals surface area contributed by atoms with E-state index in [1.54, 1.807) is 7.11 Å². The maximum atomic E-state index is 13.9. The van der Waals surface area contributed by atoms with Gasteiger partial charge in [-0.1, -0.05) is 0 Å². The fourth-order valence-corrected chi connectivity index (χ4v) is 3.03. The van der Waals surface area contributed by atoms with E-state index in [1.165, 1.54) is 18.9 Å². The molecule has 0 aliphatic rings. The van der Waals surface area contributed by atoms with Crippen molar-refractivity contribution in [3.05, 3.63) is 29.1 Å². The van der Waals surface area contributed by atoms with Crippen molar-refractivity contribution in [3.8, 4) is 0 Å². The van der Waals surface area contributed by atoms with Gasteiger partial charge in [0.15, 0.2) is 0 Å². The summed E-state index contributed by atoms with van der Waals surface area (Å²) in [6.07, 6.45) is 0.590. The lowest BCUT2D eigenvalue weighted by atomic mass is 10.1. The number of nitrogens with zero attached hydrogens (tertiary/aromatic N) is 1. The molecule has 118 valence electrons. The molecule has 5 nitrogen and oxygen atoms in total. The minimum absolute atomic E-state index is 0.154. The Kier molecular flexibility index (Phi) is 6.12. The number of rotatable bonds is 6. The fraction of sp³-hybridized carbons (Fsp3) is 0.462. The normalized spacial score (nSPS) is 11.5. The Hall–Kier alpha value is -1.18. The lowest BCUT2D eigenvalue weighted by Gasteiger charge is -2.18. The fourth-order valence-electron chi connectivity index (χ4n) is 1.83. The Morgan fingerprint density at radius 3 is 2.57 bits per heavy atom. The summed E-state index contributed by atoms with van der Waals surface area (Å²) in [5, 5.41) is 0. The molecular weight excluding hydrogens is 321 g/mol. The molecule has 21 heavy (non-hydrogen) atoms. The van der Waals surface area contributed by atoms with Crippen LogP contribution in [-0.2, 0) is 13.8 Å². The smallest absolute Gasteiger partial charge is 0.261 e. The third kappa shape index (κ3) is 4.66. The van der Waals surface area contributed by atoms with Crippen LogP contribution < -0.4 is 0 Å². The van der Waals surface area contributed by atoms with Gasteiger partial charge in [0.05, 0.1) is 10.5 Å². The highest BCUT2D eigenvalue weighted by Crippen LogP contribution is 2.24. The number of aryl methyl sites for hydroxylation is 1. The molecule has 1 amide bonds. The SMILES string of the molecule is COCCCN(C)C(=O)c1cc(S(=O)(=O)Cl)c(C)cc1F. The Morgan fingerprint density at radius 1 is 1.43 bits per heavy atom. The number of carbonyl (C=O) groups is 1. The molecule has 0 saturated heterocycles. The van der Waals surface area contributed by atoms with Crippen molar-refractivity contribution >= 4 is 25.6 Å². The summed E-state index contributed by atoms with van der Waals surface area (Å²) in [5.74, 6) is -1.38. The summed E-state index contributed by atoms with van der Waals surface area (Å²) in [7, 11) is 4.29. The Labute approximate surface area is 128 Å². The minimum Gasteiger partial charge on any atom is -0.385 e. The third-order valence-electron chi connectivity index (χ3n) is 2.95. The van der Waals surface area contributed by atoms with Crippen LogP contribution in [0.5, 0.6) is 0 Å². The van der Waals surface area contributed by atoms with Gasteiger partial charge in [-0.05, 0) is 31.0 Å². The largest absolute Gasteiger partial charge is 0.385 e. The van der Waals surface area contributed by atoms with E-state index >= 15 is 0 Å². The van der Waals surface area contributed by atoms with Gasteiger partial charge in [0.1, 0.15) is 5.82 Å². The van der Waals surface area contributed by atoms with E-state index in [4.69, 9.17) is 15.4 Å². The van der Waals surface area contributed by atoms with E-state index < -0.39 is 20.8 Å². The molecule has 0 heterocycles. The summed E-state index contributed by atoms with van der Waals surface area (Å²) in [6.45, 7) is 2.24. The Morgan fingerprint density at radius 2 is 2.05 bits per heavy atom. The number of methoxy groups -OCH3 is 1. The summed E-state index contributed by atoms with van der Waals surface area (Å²) in [4.78, 5) is 13.2. The molecule has 0 atom stereocenters. The van der Waals surface area contributed by atoms with E-state index in [9.17, 15) is 17.6 Å². The van der Waals surface area contributed by atoms with Crippen LogP contribution in [0.15, 0.2) is 17.0 Å². The molecule has 1 aromatic carbocycles. The number of amides is 1. The van der Waals surface area contributed by atoms with Crippen LogP contribution in [0.3, 0.4) is 0 Å². The van der Waals surface area contributed by atoms with Crippen LogP contribution in [0.4, 0.5) is 4.39 Å². The number of carbonyl (C=O) groups excluding carboxylic acids is 1. The lowest BCUT2D eigenvalue weighted by molar-refractivity contribution is 0.0774. The first-order chi connectivity index (χ1) is 9.68. The van der Waals surface area contributed by atoms with Gasteiger partial charge in [-0.15, -0.1) is 0 Å². The van der Waals surface area contributed by atoms with Crippen LogP contribution in [0.1, 0.15) is 22.3 Å². The lowest BCUT2D eigenvalue weighted by Crippen LogP contribution is -2.29. The standard InChI is InChI=1S/C13H17ClFNO4S/c1-9-7-11(15)10(8-12(9)21(14,18)19)13(17)16(2)5-4-6-20-3/h7-8H,4-6H2,1-3H3. The van der Waals surface area contributed by atoms with E-state index in [0.29, 0.717) is 19.6 Å². The molecule has 0 aromatic heterocycles. The van der Waals surface area contributed by atoms with Gasteiger partial charge in [0.2, 0.25) is 0 Å². The molecule has 0 aliphatic carbocycles. The number of halogens is 2. The first kappa shape index (κ1) is 17.9. The first-order valence-electron chi connectivity index (χ1n) is 6.17. The second-order valence-corrected chi connectivity index (χ2v) is 7.14. The minimum atomic E-state index is -4.04. The molecule has 0 N–H and O–H groups in total. The molecule has 0 spiro atoms. The van der Waals surface area contributed by atoms with Crippen molar-refractivity contribution < 1.29 is 22.3 Å². The highest BCUT2D eigenvalue weighted by atomic mass is 35.7. The average Bonchev–Trinajstić information content (AvgIpc) is 2.36. The zero-order valence-corrected chi connectivity index (χ0v) is 13.6. The summed E-state index contributed by atoms with van der Waals surface area (Å²) >= 11 is 0. The average molecular weight is 338 g/mol. The van der Waals surface area contributed by atoms with Crippen molar-refractivity contribution in [2.45, 2.75) is 18.2 Å². The zero-order valence-electron chi connectivity index (χ0n) is 12.0. The highest BCUT2D eigenvalue weighted by Gasteiger charge is 2.22. The number of hydrogen-bond donors (Lipinski definition) is 0. The van der Waals surface area contributed by atoms with Gasteiger partial charge < -0.3 is 9.64 Å². The molecule has 0 fully saturated rings. The first-order valence-corrected chi connectivity index (χ1v) is 8.48. The summed E-state index contributed by atoms with van der Waals surface area (Å²) in [6, 6.07) is 1.97. The van der Waals surface area contributed by atoms with E-state index in [0.717, 1.165) is 12.1 Å². The Balaban J connectivity index is 3.10. The quantitative estimate of drug-likeness (QED) is 0.589. The van der Waals surface area contributed by atoms with E-state index in [2.05, 4.69) is 0 Å². The topological polar surface area (TPSA) is 63.7 Å². The molecule has 1 aromatic rings. The van der Waals surface area contributed by atoms with Crippen LogP contribution in [0.2, 0.25) is 0 Å². The molecule has 0 unspecified atom stereocenters. The molecular formula is C13H17ClFNO4S. The van der Waals surface area contributed by atoms with E-state index in [-0.39, 0.29) is 16.0 Å². The summed E-state index contributed by atoms with van der Waals surface area (Å²) in [5.41, 5.74) is -0.166. The zero-order chi connectivity index (χ0) is 16.2. The third-order valence-corrected chi connectivity index (χ3v) is 4.41. The maximum absolute atomic E-state index is 13.9. The van der Waals surface area contributed by atoms with Crippen molar-refractivity contribution in [3.63, 3.8) is 0 Å². The number of ether oxygens (including phenoxy) is 1. The molecule has 0 bridgehead atoms. The van der Waals surface area contributed by atoms with Gasteiger partial charge in [0, 0.05) is 38.0 Å². The number of benzene rings is 1. The van der Waals surface area contributed by atoms with Crippen molar-refractivity contribution in [2.24, 2.45) is 0 Å². The van der Waals surface area contributed by atoms with Crippen LogP contribution >= 0.6 is 10.7 Å².